The number of amides is 2. The van der Waals surface area contributed by atoms with Crippen LogP contribution in [0.1, 0.15) is 132 Å². The summed E-state index contributed by atoms with van der Waals surface area (Å²) in [6.07, 6.45) is 10.3. The first-order valence-corrected chi connectivity index (χ1v) is 32.6. The molecule has 1 aliphatic carbocycles. The number of Topliss-reactive ketones (excluding diaryl/α,β-unsaturated/α-hetero) is 2. The molecule has 0 radical (unpaired) electrons. The minimum absolute atomic E-state index is 0.0237. The number of ketones is 2. The maximum absolute atomic E-state index is 14.6. The number of cyclic esters (lactones) is 1. The Hall–Kier alpha value is -4.05. The van der Waals surface area contributed by atoms with Crippen LogP contribution in [0.3, 0.4) is 0 Å². The molecule has 23 nitrogen and oxygen atoms in total. The molecule has 4 rings (SSSR count). The summed E-state index contributed by atoms with van der Waals surface area (Å²) in [5, 5.41) is 37.2. The topological polar surface area (TPSA) is 298 Å². The van der Waals surface area contributed by atoms with E-state index in [0.29, 0.717) is 162 Å². The Labute approximate surface area is 529 Å². The molecule has 4 aliphatic rings. The van der Waals surface area contributed by atoms with Gasteiger partial charge in [0.15, 0.2) is 5.78 Å². The molecule has 510 valence electrons. The number of aliphatic hydroxyl groups is 3. The number of allylic oxidation sites excluding steroid dienone is 6. The first-order valence-electron chi connectivity index (χ1n) is 32.6. The van der Waals surface area contributed by atoms with Crippen molar-refractivity contribution in [3.05, 3.63) is 47.6 Å². The zero-order chi connectivity index (χ0) is 65.1. The summed E-state index contributed by atoms with van der Waals surface area (Å²) in [5.74, 6) is -7.38. The van der Waals surface area contributed by atoms with Gasteiger partial charge in [-0.3, -0.25) is 14.4 Å². The van der Waals surface area contributed by atoms with Gasteiger partial charge < -0.3 is 88.1 Å². The van der Waals surface area contributed by atoms with Crippen LogP contribution in [0.4, 0.5) is 4.79 Å². The summed E-state index contributed by atoms with van der Waals surface area (Å²) in [4.78, 5) is 71.0. The van der Waals surface area contributed by atoms with Gasteiger partial charge in [0.1, 0.15) is 30.5 Å². The van der Waals surface area contributed by atoms with Crippen LogP contribution in [-0.2, 0) is 76.0 Å². The number of carbonyl (C=O) groups is 5. The summed E-state index contributed by atoms with van der Waals surface area (Å²) in [6.45, 7) is 19.5. The third kappa shape index (κ3) is 27.6. The molecule has 0 aromatic rings. The van der Waals surface area contributed by atoms with E-state index in [4.69, 9.17) is 62.6 Å². The molecule has 1 saturated carbocycles. The minimum Gasteiger partial charge on any atom is -0.459 e. The first-order chi connectivity index (χ1) is 42.7. The molecule has 0 aromatic carbocycles. The normalized spacial score (nSPS) is 32.6. The van der Waals surface area contributed by atoms with Crippen LogP contribution in [0.15, 0.2) is 47.6 Å². The van der Waals surface area contributed by atoms with E-state index in [9.17, 15) is 39.3 Å². The molecule has 0 aromatic heterocycles. The van der Waals surface area contributed by atoms with E-state index in [2.05, 4.69) is 5.32 Å². The number of piperidine rings is 1. The van der Waals surface area contributed by atoms with Gasteiger partial charge in [0, 0.05) is 58.2 Å². The molecule has 89 heavy (non-hydrogen) atoms. The molecule has 1 unspecified atom stereocenters. The molecule has 15 atom stereocenters. The van der Waals surface area contributed by atoms with Crippen LogP contribution < -0.4 is 11.1 Å². The van der Waals surface area contributed by atoms with Gasteiger partial charge in [0.25, 0.3) is 11.7 Å². The second-order valence-electron chi connectivity index (χ2n) is 24.3. The summed E-state index contributed by atoms with van der Waals surface area (Å²) in [5.41, 5.74) is 8.34. The molecule has 2 amide bonds. The molecule has 23 heteroatoms. The van der Waals surface area contributed by atoms with Gasteiger partial charge in [0.2, 0.25) is 5.79 Å². The van der Waals surface area contributed by atoms with Crippen molar-refractivity contribution < 1.29 is 96.1 Å². The standard InChI is InChI=1S/C66H111N3O20/c1-10-80-28-29-82-32-33-84-36-37-86-39-38-85-35-34-83-31-30-81-27-25-68-65(76)88-56-24-21-51(43-58(56)79-9)42-53(67)55-23-19-46(3)41-49(6)60(71)61(72)59(70)48(5)40-45(2)16-12-11-13-17-47(4)57(78-8)44-52-22-20-50(7)66(77,89-52)62(73)63(74)69-26-15-14-18-54(69)64(75)87-55/h11-13,16-17,41,45-46,48,50-58,60-61,71-72,77H,10,14-15,18-40,42-44,67H2,1-9H3,(H,68,76)/b13-11+,16-12+,47-17+,49-41+/t45?,46-,48+,50+,51-,52-,53+,54-,55-,56+,57-,58+,60+,61-,66+/m0/s1. The highest BCUT2D eigenvalue weighted by Crippen LogP contribution is 2.37. The molecule has 3 aliphatic heterocycles. The lowest BCUT2D eigenvalue weighted by atomic mass is 9.80. The van der Waals surface area contributed by atoms with E-state index in [-0.39, 0.29) is 50.3 Å². The Morgan fingerprint density at radius 3 is 1.92 bits per heavy atom. The Morgan fingerprint density at radius 1 is 0.697 bits per heavy atom. The van der Waals surface area contributed by atoms with Gasteiger partial charge in [-0.15, -0.1) is 0 Å². The van der Waals surface area contributed by atoms with Crippen molar-refractivity contribution in [2.45, 2.75) is 193 Å². The number of nitrogens with one attached hydrogen (secondary N) is 1. The van der Waals surface area contributed by atoms with E-state index < -0.39 is 102 Å². The van der Waals surface area contributed by atoms with Gasteiger partial charge in [-0.2, -0.15) is 0 Å². The summed E-state index contributed by atoms with van der Waals surface area (Å²) in [6, 6.07) is -1.86. The molecular weight excluding hydrogens is 1150 g/mol. The average molecular weight is 1270 g/mol. The zero-order valence-electron chi connectivity index (χ0n) is 54.9. The molecule has 3 fully saturated rings. The molecular formula is C66H111N3O20. The summed E-state index contributed by atoms with van der Waals surface area (Å²) < 4.78 is 68.4. The van der Waals surface area contributed by atoms with Gasteiger partial charge in [0.05, 0.1) is 104 Å². The number of hydrogen-bond donors (Lipinski definition) is 5. The number of carbonyl (C=O) groups excluding carboxylic acids is 5. The minimum atomic E-state index is -2.45. The lowest BCUT2D eigenvalue weighted by Crippen LogP contribution is -2.61. The Bertz CT molecular complexity index is 2200. The van der Waals surface area contributed by atoms with Crippen molar-refractivity contribution in [1.29, 1.82) is 0 Å². The number of esters is 1. The van der Waals surface area contributed by atoms with Crippen molar-refractivity contribution in [3.63, 3.8) is 0 Å². The number of nitrogens with two attached hydrogens (primary N) is 1. The van der Waals surface area contributed by atoms with Crippen LogP contribution in [0.25, 0.3) is 0 Å². The number of ether oxygens (including phenoxy) is 12. The average Bonchev–Trinajstić information content (AvgIpc) is 1.92. The quantitative estimate of drug-likeness (QED) is 0.0263. The van der Waals surface area contributed by atoms with E-state index >= 15 is 0 Å². The van der Waals surface area contributed by atoms with Crippen molar-refractivity contribution in [1.82, 2.24) is 10.2 Å². The fourth-order valence-corrected chi connectivity index (χ4v) is 11.8. The molecule has 0 spiro atoms. The third-order valence-electron chi connectivity index (χ3n) is 17.2. The first kappa shape index (κ1) is 77.4. The maximum Gasteiger partial charge on any atom is 0.407 e. The zero-order valence-corrected chi connectivity index (χ0v) is 54.9. The van der Waals surface area contributed by atoms with Crippen LogP contribution in [0, 0.1) is 29.6 Å². The summed E-state index contributed by atoms with van der Waals surface area (Å²) in [7, 11) is 3.13. The highest BCUT2D eigenvalue weighted by atomic mass is 16.6. The predicted octanol–water partition coefficient (Wildman–Crippen LogP) is 5.91. The number of nitrogens with zero attached hydrogens (tertiary/aromatic N) is 1. The number of fused-ring (bicyclic) bond motifs is 3. The number of rotatable bonds is 28. The molecule has 6 N–H and O–H groups in total. The number of alkyl carbamates (subject to hydrolysis) is 1. The Kier molecular flexibility index (Phi) is 37.4. The largest absolute Gasteiger partial charge is 0.459 e. The van der Waals surface area contributed by atoms with Crippen LogP contribution in [-0.4, -0.2) is 230 Å². The highest BCUT2D eigenvalue weighted by Gasteiger charge is 2.53. The van der Waals surface area contributed by atoms with E-state index in [1.807, 2.05) is 58.1 Å². The van der Waals surface area contributed by atoms with Crippen molar-refractivity contribution in [2.24, 2.45) is 35.3 Å². The smallest absolute Gasteiger partial charge is 0.407 e. The Morgan fingerprint density at radius 2 is 1.31 bits per heavy atom. The highest BCUT2D eigenvalue weighted by molar-refractivity contribution is 6.39. The SMILES string of the molecule is CCOCCOCCOCCOCCOCCOCCOCCNC(=O)O[C@@H]1CC[C@@H](C[C@@H](N)[C@@H]2CC[C@H](C)/C=C(\C)[C@@H](O)[C@@H](O)C(=O)[C@H](C)CC(C)/C=C/C=C/C=C(\C)[C@@H](OC)C[C@@H]3CC[C@@H](C)[C@@](O)(O3)C(=O)C(=O)N3CCCC[C@H]3C(=O)O2)C[C@H]1OC. The lowest BCUT2D eigenvalue weighted by molar-refractivity contribution is -0.265. The summed E-state index contributed by atoms with van der Waals surface area (Å²) >= 11 is 0. The van der Waals surface area contributed by atoms with Crippen molar-refractivity contribution >= 4 is 29.5 Å². The van der Waals surface area contributed by atoms with E-state index in [1.54, 1.807) is 41.1 Å². The lowest BCUT2D eigenvalue weighted by Gasteiger charge is -2.42. The van der Waals surface area contributed by atoms with Crippen LogP contribution in [0.5, 0.6) is 0 Å². The number of methoxy groups -OCH3 is 2. The van der Waals surface area contributed by atoms with E-state index in [1.165, 1.54) is 4.90 Å². The second-order valence-corrected chi connectivity index (χ2v) is 24.3. The van der Waals surface area contributed by atoms with Gasteiger partial charge in [-0.1, -0.05) is 64.2 Å². The number of aliphatic hydroxyl groups excluding tert-OH is 2. The fraction of sp³-hybridized carbons (Fsp3) is 0.803. The number of hydrogen-bond acceptors (Lipinski definition) is 21. The molecule has 2 bridgehead atoms. The Balaban J connectivity index is 1.34. The molecule has 2 saturated heterocycles. The van der Waals surface area contributed by atoms with Gasteiger partial charge in [-0.25, -0.2) is 9.59 Å². The predicted molar refractivity (Wildman–Crippen MR) is 332 cm³/mol. The maximum atomic E-state index is 14.6. The van der Waals surface area contributed by atoms with Crippen LogP contribution in [0.2, 0.25) is 0 Å². The van der Waals surface area contributed by atoms with Crippen LogP contribution >= 0.6 is 0 Å². The molecule has 3 heterocycles. The van der Waals surface area contributed by atoms with Crippen molar-refractivity contribution in [2.75, 3.05) is 120 Å². The van der Waals surface area contributed by atoms with Gasteiger partial charge in [-0.05, 0) is 127 Å². The third-order valence-corrected chi connectivity index (χ3v) is 17.2. The van der Waals surface area contributed by atoms with Gasteiger partial charge >= 0.3 is 12.1 Å². The second kappa shape index (κ2) is 43.0. The van der Waals surface area contributed by atoms with E-state index in [0.717, 1.165) is 5.57 Å². The monoisotopic (exact) mass is 1270 g/mol. The van der Waals surface area contributed by atoms with Crippen molar-refractivity contribution in [3.8, 4) is 0 Å². The fourth-order valence-electron chi connectivity index (χ4n) is 11.8.